The van der Waals surface area contributed by atoms with Crippen LogP contribution in [0, 0.1) is 24.1 Å². The maximum atomic E-state index is 14.9. The van der Waals surface area contributed by atoms with Crippen LogP contribution in [0.4, 0.5) is 18.9 Å². The summed E-state index contributed by atoms with van der Waals surface area (Å²) in [5.41, 5.74) is 10.3. The molecule has 0 aliphatic carbocycles. The van der Waals surface area contributed by atoms with Gasteiger partial charge in [-0.1, -0.05) is 29.8 Å². The van der Waals surface area contributed by atoms with E-state index in [-0.39, 0.29) is 41.5 Å². The molecule has 170 valence electrons. The van der Waals surface area contributed by atoms with Crippen molar-refractivity contribution in [3.8, 4) is 6.07 Å². The van der Waals surface area contributed by atoms with Gasteiger partial charge in [-0.25, -0.2) is 4.39 Å². The minimum atomic E-state index is -3.26. The van der Waals surface area contributed by atoms with Crippen molar-refractivity contribution in [2.45, 2.75) is 19.3 Å². The zero-order valence-electron chi connectivity index (χ0n) is 17.3. The zero-order chi connectivity index (χ0) is 23.7. The van der Waals surface area contributed by atoms with Crippen molar-refractivity contribution in [3.05, 3.63) is 64.5 Å². The van der Waals surface area contributed by atoms with Crippen LogP contribution >= 0.6 is 0 Å². The summed E-state index contributed by atoms with van der Waals surface area (Å²) in [6, 6.07) is 9.97. The summed E-state index contributed by atoms with van der Waals surface area (Å²) in [6.07, 6.45) is -0.471. The maximum Gasteiger partial charge on any atom is 0.290 e. The van der Waals surface area contributed by atoms with Gasteiger partial charge in [-0.3, -0.25) is 4.79 Å². The number of hydrogen-bond donors (Lipinski definition) is 4. The van der Waals surface area contributed by atoms with E-state index in [1.165, 1.54) is 24.3 Å². The normalized spacial score (nSPS) is 10.7. The van der Waals surface area contributed by atoms with Crippen molar-refractivity contribution in [2.24, 2.45) is 16.6 Å². The van der Waals surface area contributed by atoms with E-state index in [0.717, 1.165) is 5.56 Å². The third-order valence-corrected chi connectivity index (χ3v) is 4.36. The van der Waals surface area contributed by atoms with E-state index in [1.807, 2.05) is 0 Å². The van der Waals surface area contributed by atoms with E-state index in [2.05, 4.69) is 15.8 Å². The number of nitrogens with one attached hydrogen (secondary N) is 2. The second-order valence-electron chi connectivity index (χ2n) is 6.87. The van der Waals surface area contributed by atoms with Crippen LogP contribution in [0.25, 0.3) is 0 Å². The molecule has 6 N–H and O–H groups in total. The van der Waals surface area contributed by atoms with Crippen LogP contribution in [0.15, 0.2) is 41.6 Å². The molecule has 0 aromatic heterocycles. The number of oxime groups is 1. The van der Waals surface area contributed by atoms with Gasteiger partial charge in [0.2, 0.25) is 11.9 Å². The first-order chi connectivity index (χ1) is 15.1. The molecule has 1 amide bonds. The monoisotopic (exact) mass is 448 g/mol. The zero-order valence-corrected chi connectivity index (χ0v) is 17.3. The quantitative estimate of drug-likeness (QED) is 0.190. The first kappa shape index (κ1) is 24.3. The predicted molar refractivity (Wildman–Crippen MR) is 113 cm³/mol. The Morgan fingerprint density at radius 1 is 1.22 bits per heavy atom. The van der Waals surface area contributed by atoms with Gasteiger partial charge in [0, 0.05) is 11.1 Å². The van der Waals surface area contributed by atoms with E-state index < -0.39 is 30.6 Å². The summed E-state index contributed by atoms with van der Waals surface area (Å²) in [5, 5.41) is 17.3. The lowest BCUT2D eigenvalue weighted by Crippen LogP contribution is -2.30. The van der Waals surface area contributed by atoms with Crippen LogP contribution in [0.2, 0.25) is 0 Å². The minimum absolute atomic E-state index is 0.0276. The highest BCUT2D eigenvalue weighted by atomic mass is 19.3. The van der Waals surface area contributed by atoms with Crippen LogP contribution in [-0.2, 0) is 22.0 Å². The van der Waals surface area contributed by atoms with E-state index in [1.54, 1.807) is 25.1 Å². The van der Waals surface area contributed by atoms with E-state index in [9.17, 15) is 23.2 Å². The third-order valence-electron chi connectivity index (χ3n) is 4.36. The Bertz CT molecular complexity index is 1020. The van der Waals surface area contributed by atoms with Crippen molar-refractivity contribution in [3.63, 3.8) is 0 Å². The molecule has 8 nitrogen and oxygen atoms in total. The van der Waals surface area contributed by atoms with Gasteiger partial charge >= 0.3 is 0 Å². The van der Waals surface area contributed by atoms with Gasteiger partial charge in [-0.05, 0) is 24.2 Å². The number of aryl methyl sites for hydroxylation is 1. The van der Waals surface area contributed by atoms with Crippen molar-refractivity contribution < 1.29 is 22.8 Å². The van der Waals surface area contributed by atoms with Crippen LogP contribution < -0.4 is 22.1 Å². The number of alkyl halides is 2. The highest BCUT2D eigenvalue weighted by Crippen LogP contribution is 2.30. The Hall–Kier alpha value is -3.94. The van der Waals surface area contributed by atoms with Gasteiger partial charge in [0.1, 0.15) is 6.61 Å². The third kappa shape index (κ3) is 6.80. The SMILES string of the molecule is Cc1ccc(C(F)(F)CNc2ccc(C#N)c(CC(=O)NCCON=C(N)N)c2F)cc1. The highest BCUT2D eigenvalue weighted by Gasteiger charge is 2.31. The number of carbonyl (C=O) groups is 1. The number of anilines is 1. The number of nitrogens with two attached hydrogens (primary N) is 2. The Kier molecular flexibility index (Phi) is 8.29. The lowest BCUT2D eigenvalue weighted by atomic mass is 10.0. The molecular formula is C21H23F3N6O2. The number of nitrogens with zero attached hydrogens (tertiary/aromatic N) is 2. The molecule has 0 saturated heterocycles. The molecule has 0 saturated carbocycles. The fourth-order valence-electron chi connectivity index (χ4n) is 2.72. The largest absolute Gasteiger partial charge is 0.391 e. The molecule has 0 spiro atoms. The van der Waals surface area contributed by atoms with Crippen LogP contribution in [0.5, 0.6) is 0 Å². The van der Waals surface area contributed by atoms with Crippen molar-refractivity contribution in [1.82, 2.24) is 5.32 Å². The average molecular weight is 448 g/mol. The van der Waals surface area contributed by atoms with Gasteiger partial charge < -0.3 is 26.9 Å². The smallest absolute Gasteiger partial charge is 0.290 e. The Morgan fingerprint density at radius 2 is 1.91 bits per heavy atom. The van der Waals surface area contributed by atoms with Crippen LogP contribution in [-0.4, -0.2) is 31.6 Å². The first-order valence-electron chi connectivity index (χ1n) is 9.52. The molecule has 0 unspecified atom stereocenters. The number of halogens is 3. The van der Waals surface area contributed by atoms with Crippen LogP contribution in [0.1, 0.15) is 22.3 Å². The van der Waals surface area contributed by atoms with Gasteiger partial charge in [-0.2, -0.15) is 14.0 Å². The molecule has 2 aromatic rings. The molecule has 0 radical (unpaired) electrons. The molecule has 0 atom stereocenters. The topological polar surface area (TPSA) is 139 Å². The van der Waals surface area contributed by atoms with Crippen molar-refractivity contribution in [1.29, 1.82) is 5.26 Å². The van der Waals surface area contributed by atoms with Crippen molar-refractivity contribution >= 4 is 17.6 Å². The number of hydrogen-bond acceptors (Lipinski definition) is 5. The molecule has 11 heteroatoms. The number of guanidine groups is 1. The molecule has 0 fully saturated rings. The average Bonchev–Trinajstić information content (AvgIpc) is 2.74. The van der Waals surface area contributed by atoms with Crippen LogP contribution in [0.3, 0.4) is 0 Å². The van der Waals surface area contributed by atoms with E-state index in [4.69, 9.17) is 16.3 Å². The molecule has 32 heavy (non-hydrogen) atoms. The summed E-state index contributed by atoms with van der Waals surface area (Å²) < 4.78 is 43.9. The number of nitriles is 1. The Morgan fingerprint density at radius 3 is 2.53 bits per heavy atom. The minimum Gasteiger partial charge on any atom is -0.391 e. The summed E-state index contributed by atoms with van der Waals surface area (Å²) >= 11 is 0. The standard InChI is InChI=1S/C21H23F3N6O2/c1-13-2-5-15(6-3-13)21(23,24)12-29-17-7-4-14(11-25)16(19(17)22)10-18(31)28-8-9-32-30-20(26)27/h2-7,29H,8-10,12H2,1H3,(H,28,31)(H4,26,27,30). The second kappa shape index (κ2) is 10.9. The van der Waals surface area contributed by atoms with Gasteiger partial charge in [0.15, 0.2) is 5.82 Å². The lowest BCUT2D eigenvalue weighted by molar-refractivity contribution is -0.120. The fraction of sp³-hybridized carbons (Fsp3) is 0.286. The fourth-order valence-corrected chi connectivity index (χ4v) is 2.72. The molecular weight excluding hydrogens is 425 g/mol. The van der Waals surface area contributed by atoms with Gasteiger partial charge in [0.25, 0.3) is 5.92 Å². The number of rotatable bonds is 10. The summed E-state index contributed by atoms with van der Waals surface area (Å²) in [4.78, 5) is 16.8. The van der Waals surface area contributed by atoms with Gasteiger partial charge in [-0.15, -0.1) is 0 Å². The van der Waals surface area contributed by atoms with E-state index >= 15 is 0 Å². The molecule has 2 rings (SSSR count). The van der Waals surface area contributed by atoms with Gasteiger partial charge in [0.05, 0.1) is 36.8 Å². The second-order valence-corrected chi connectivity index (χ2v) is 6.87. The first-order valence-corrected chi connectivity index (χ1v) is 9.52. The van der Waals surface area contributed by atoms with Crippen molar-refractivity contribution in [2.75, 3.05) is 25.0 Å². The number of amides is 1. The lowest BCUT2D eigenvalue weighted by Gasteiger charge is -2.19. The molecule has 0 aliphatic heterocycles. The van der Waals surface area contributed by atoms with E-state index in [0.29, 0.717) is 0 Å². The summed E-state index contributed by atoms with van der Waals surface area (Å²) in [7, 11) is 0. The maximum absolute atomic E-state index is 14.9. The Labute approximate surface area is 183 Å². The highest BCUT2D eigenvalue weighted by molar-refractivity contribution is 5.80. The molecule has 2 aromatic carbocycles. The number of carbonyl (C=O) groups excluding carboxylic acids is 1. The molecule has 0 bridgehead atoms. The Balaban J connectivity index is 2.07. The summed E-state index contributed by atoms with van der Waals surface area (Å²) in [6.45, 7) is 0.903. The molecule has 0 heterocycles. The summed E-state index contributed by atoms with van der Waals surface area (Å²) in [5.74, 6) is -5.10. The molecule has 0 aliphatic rings. The predicted octanol–water partition coefficient (Wildman–Crippen LogP) is 2.07. The number of benzene rings is 2.